The standard InChI is InChI=1S/C39H63N5O5S/c1-11-18-44(39(49)35(26(7)12-2)43-36(47)31(40-10)19-24(3)4)33(25(5)6)22-34(46)38-42-32(23-50-38)37(48)41-30(20-27(8)28(9)45)21-29-16-14-13-15-17-29/h13-17,23-27,30-31,33-35,40,45-46H,9,11-12,18-22H2,1-8,10H3,(H,41,48)(H,43,47)/t26-,27-,30+,31-,33+,34+,35-/m0/s1. The number of aliphatic hydroxyl groups is 2. The highest BCUT2D eigenvalue weighted by molar-refractivity contribution is 7.09. The Morgan fingerprint density at radius 2 is 1.64 bits per heavy atom. The molecule has 11 heteroatoms. The molecule has 1 aromatic heterocycles. The van der Waals surface area contributed by atoms with Gasteiger partial charge in [-0.25, -0.2) is 4.98 Å². The zero-order valence-electron chi connectivity index (χ0n) is 31.7. The summed E-state index contributed by atoms with van der Waals surface area (Å²) in [5.41, 5.74) is 1.27. The number of benzene rings is 1. The molecule has 0 saturated heterocycles. The number of rotatable bonds is 22. The number of hydrogen-bond acceptors (Lipinski definition) is 8. The van der Waals surface area contributed by atoms with Gasteiger partial charge in [0, 0.05) is 36.3 Å². The van der Waals surface area contributed by atoms with E-state index < -0.39 is 18.2 Å². The van der Waals surface area contributed by atoms with Crippen LogP contribution in [0.2, 0.25) is 0 Å². The Hall–Kier alpha value is -3.28. The Kier molecular flexibility index (Phi) is 18.2. The van der Waals surface area contributed by atoms with Gasteiger partial charge in [-0.1, -0.05) is 98.7 Å². The van der Waals surface area contributed by atoms with E-state index >= 15 is 0 Å². The van der Waals surface area contributed by atoms with Gasteiger partial charge in [0.15, 0.2) is 0 Å². The van der Waals surface area contributed by atoms with Gasteiger partial charge in [0.2, 0.25) is 11.8 Å². The maximum atomic E-state index is 14.3. The highest BCUT2D eigenvalue weighted by Gasteiger charge is 2.37. The number of carbonyl (C=O) groups excluding carboxylic acids is 3. The maximum Gasteiger partial charge on any atom is 0.270 e. The van der Waals surface area contributed by atoms with Crippen molar-refractivity contribution < 1.29 is 24.6 Å². The zero-order valence-corrected chi connectivity index (χ0v) is 32.6. The Bertz CT molecular complexity index is 1350. The van der Waals surface area contributed by atoms with Crippen LogP contribution in [-0.4, -0.2) is 75.6 Å². The Balaban J connectivity index is 2.27. The summed E-state index contributed by atoms with van der Waals surface area (Å²) in [7, 11) is 1.76. The number of nitrogens with one attached hydrogen (secondary N) is 3. The van der Waals surface area contributed by atoms with Crippen molar-refractivity contribution in [1.29, 1.82) is 0 Å². The molecule has 10 nitrogen and oxygen atoms in total. The number of hydrogen-bond donors (Lipinski definition) is 5. The third-order valence-corrected chi connectivity index (χ3v) is 10.4. The molecule has 2 aromatic rings. The lowest BCUT2D eigenvalue weighted by atomic mass is 9.92. The van der Waals surface area contributed by atoms with Gasteiger partial charge in [0.25, 0.3) is 5.91 Å². The van der Waals surface area contributed by atoms with E-state index in [0.29, 0.717) is 49.6 Å². The maximum absolute atomic E-state index is 14.3. The van der Waals surface area contributed by atoms with Crippen LogP contribution in [0.3, 0.4) is 0 Å². The minimum atomic E-state index is -1.00. The average molecular weight is 714 g/mol. The monoisotopic (exact) mass is 713 g/mol. The van der Waals surface area contributed by atoms with E-state index in [0.717, 1.165) is 5.56 Å². The van der Waals surface area contributed by atoms with E-state index in [4.69, 9.17) is 0 Å². The number of aromatic nitrogens is 1. The van der Waals surface area contributed by atoms with Crippen molar-refractivity contribution in [3.8, 4) is 0 Å². The topological polar surface area (TPSA) is 144 Å². The smallest absolute Gasteiger partial charge is 0.270 e. The van der Waals surface area contributed by atoms with Gasteiger partial charge in [0.05, 0.1) is 11.8 Å². The summed E-state index contributed by atoms with van der Waals surface area (Å²) in [5.74, 6) is -0.619. The van der Waals surface area contributed by atoms with Gasteiger partial charge >= 0.3 is 0 Å². The van der Waals surface area contributed by atoms with Crippen molar-refractivity contribution in [2.45, 2.75) is 124 Å². The fourth-order valence-corrected chi connectivity index (χ4v) is 6.97. The van der Waals surface area contributed by atoms with Crippen LogP contribution < -0.4 is 16.0 Å². The van der Waals surface area contributed by atoms with Gasteiger partial charge in [-0.15, -0.1) is 11.3 Å². The lowest BCUT2D eigenvalue weighted by Crippen LogP contribution is -2.58. The molecular weight excluding hydrogens is 651 g/mol. The van der Waals surface area contributed by atoms with E-state index in [9.17, 15) is 24.6 Å². The molecular formula is C39H63N5O5S. The second-order valence-corrected chi connectivity index (χ2v) is 15.4. The third-order valence-electron chi connectivity index (χ3n) is 9.44. The van der Waals surface area contributed by atoms with E-state index in [1.54, 1.807) is 12.4 Å². The fourth-order valence-electron chi connectivity index (χ4n) is 6.17. The SMILES string of the molecule is C=C(O)[C@@H](C)C[C@H](Cc1ccccc1)NC(=O)c1csc([C@H](O)C[C@H](C(C)C)N(CCC)C(=O)[C@@H](NC(=O)[C@H](CC(C)C)NC)[C@@H](C)CC)n1. The number of aliphatic hydroxyl groups excluding tert-OH is 2. The van der Waals surface area contributed by atoms with Crippen LogP contribution in [0.4, 0.5) is 0 Å². The summed E-state index contributed by atoms with van der Waals surface area (Å²) >= 11 is 1.21. The molecule has 0 aliphatic carbocycles. The summed E-state index contributed by atoms with van der Waals surface area (Å²) in [6, 6.07) is 8.12. The van der Waals surface area contributed by atoms with Crippen LogP contribution in [0.15, 0.2) is 48.0 Å². The molecule has 0 unspecified atom stereocenters. The van der Waals surface area contributed by atoms with Gasteiger partial charge < -0.3 is 31.1 Å². The van der Waals surface area contributed by atoms with Crippen LogP contribution in [-0.2, 0) is 16.0 Å². The predicted molar refractivity (Wildman–Crippen MR) is 203 cm³/mol. The molecule has 0 aliphatic rings. The molecule has 0 saturated carbocycles. The molecule has 2 rings (SSSR count). The quantitative estimate of drug-likeness (QED) is 0.0885. The molecule has 1 aromatic carbocycles. The van der Waals surface area contributed by atoms with Crippen molar-refractivity contribution in [2.75, 3.05) is 13.6 Å². The second kappa shape index (κ2) is 21.2. The summed E-state index contributed by atoms with van der Waals surface area (Å²) in [6.45, 7) is 20.2. The molecule has 0 bridgehead atoms. The third kappa shape index (κ3) is 13.1. The van der Waals surface area contributed by atoms with Crippen molar-refractivity contribution in [1.82, 2.24) is 25.8 Å². The molecule has 1 heterocycles. The van der Waals surface area contributed by atoms with Gasteiger partial charge in [0.1, 0.15) is 22.8 Å². The minimum absolute atomic E-state index is 0.00386. The number of carbonyl (C=O) groups is 3. The number of nitrogens with zero attached hydrogens (tertiary/aromatic N) is 2. The second-order valence-electron chi connectivity index (χ2n) is 14.5. The van der Waals surface area contributed by atoms with Crippen LogP contribution in [0.1, 0.15) is 115 Å². The molecule has 280 valence electrons. The lowest BCUT2D eigenvalue weighted by molar-refractivity contribution is -0.142. The largest absolute Gasteiger partial charge is 0.513 e. The van der Waals surface area contributed by atoms with Crippen LogP contribution in [0.5, 0.6) is 0 Å². The van der Waals surface area contributed by atoms with Crippen LogP contribution in [0.25, 0.3) is 0 Å². The minimum Gasteiger partial charge on any atom is -0.513 e. The normalized spacial score (nSPS) is 15.8. The first-order valence-electron chi connectivity index (χ1n) is 18.3. The summed E-state index contributed by atoms with van der Waals surface area (Å²) in [4.78, 5) is 47.5. The number of allylic oxidation sites excluding steroid dienone is 1. The first-order valence-corrected chi connectivity index (χ1v) is 19.1. The van der Waals surface area contributed by atoms with E-state index in [-0.39, 0.29) is 65.4 Å². The Morgan fingerprint density at radius 3 is 2.18 bits per heavy atom. The van der Waals surface area contributed by atoms with Gasteiger partial charge in [-0.3, -0.25) is 14.4 Å². The Labute approximate surface area is 304 Å². The first-order chi connectivity index (χ1) is 23.6. The number of thiazole rings is 1. The predicted octanol–water partition coefficient (Wildman–Crippen LogP) is 6.43. The summed E-state index contributed by atoms with van der Waals surface area (Å²) < 4.78 is 0. The molecule has 50 heavy (non-hydrogen) atoms. The van der Waals surface area contributed by atoms with E-state index in [1.165, 1.54) is 11.3 Å². The van der Waals surface area contributed by atoms with Crippen molar-refractivity contribution in [3.63, 3.8) is 0 Å². The molecule has 7 atom stereocenters. The molecule has 5 N–H and O–H groups in total. The number of amides is 3. The summed E-state index contributed by atoms with van der Waals surface area (Å²) in [6.07, 6.45) is 2.39. The highest BCUT2D eigenvalue weighted by atomic mass is 32.1. The molecule has 3 amide bonds. The van der Waals surface area contributed by atoms with Gasteiger partial charge in [-0.05, 0) is 56.0 Å². The first kappa shape index (κ1) is 42.9. The molecule has 0 radical (unpaired) electrons. The number of likely N-dealkylation sites (N-methyl/N-ethyl adjacent to an activating group) is 1. The van der Waals surface area contributed by atoms with Crippen molar-refractivity contribution in [2.24, 2.45) is 23.7 Å². The van der Waals surface area contributed by atoms with E-state index in [2.05, 4.69) is 41.4 Å². The molecule has 0 aliphatic heterocycles. The highest BCUT2D eigenvalue weighted by Crippen LogP contribution is 2.29. The van der Waals surface area contributed by atoms with Crippen LogP contribution >= 0.6 is 11.3 Å². The zero-order chi connectivity index (χ0) is 37.5. The lowest BCUT2D eigenvalue weighted by Gasteiger charge is -2.39. The van der Waals surface area contributed by atoms with Crippen molar-refractivity contribution >= 4 is 29.1 Å². The van der Waals surface area contributed by atoms with Crippen LogP contribution in [0, 0.1) is 23.7 Å². The Morgan fingerprint density at radius 1 is 0.980 bits per heavy atom. The fraction of sp³-hybridized carbons (Fsp3) is 0.641. The van der Waals surface area contributed by atoms with Gasteiger partial charge in [-0.2, -0.15) is 0 Å². The average Bonchev–Trinajstić information content (AvgIpc) is 3.58. The van der Waals surface area contributed by atoms with Crippen molar-refractivity contribution in [3.05, 3.63) is 64.3 Å². The molecule has 0 fully saturated rings. The molecule has 0 spiro atoms. The summed E-state index contributed by atoms with van der Waals surface area (Å²) in [5, 5.41) is 32.7. The van der Waals surface area contributed by atoms with E-state index in [1.807, 2.05) is 76.8 Å².